The topological polar surface area (TPSA) is 35.5 Å². The Hall–Kier alpha value is -7.76. The van der Waals surface area contributed by atoms with Crippen molar-refractivity contribution in [2.75, 3.05) is 14.7 Å². The van der Waals surface area contributed by atoms with E-state index in [2.05, 4.69) is 230 Å². The number of hydrogen-bond acceptors (Lipinski definition) is 5. The van der Waals surface area contributed by atoms with Crippen LogP contribution in [0.4, 0.5) is 51.2 Å². The van der Waals surface area contributed by atoms with Gasteiger partial charge >= 0.3 is 0 Å². The quantitative estimate of drug-likeness (QED) is 0.177. The molecule has 1 spiro atoms. The molecule has 0 amide bonds. The molecule has 7 aromatic carbocycles. The number of fused-ring (bicyclic) bond motifs is 13. The van der Waals surface area contributed by atoms with Gasteiger partial charge in [-0.05, 0) is 107 Å². The number of nitrogens with zero attached hydrogens (tertiary/aromatic N) is 5. The van der Waals surface area contributed by atoms with E-state index in [1.165, 1.54) is 45.0 Å². The Morgan fingerprint density at radius 2 is 0.656 bits per heavy atom. The van der Waals surface area contributed by atoms with E-state index in [0.29, 0.717) is 0 Å². The van der Waals surface area contributed by atoms with Crippen molar-refractivity contribution in [1.82, 2.24) is 9.97 Å². The fourth-order valence-electron chi connectivity index (χ4n) is 11.8. The Morgan fingerprint density at radius 3 is 1.06 bits per heavy atom. The Morgan fingerprint density at radius 1 is 0.312 bits per heavy atom. The second kappa shape index (κ2) is 13.1. The average molecular weight is 824 g/mol. The van der Waals surface area contributed by atoms with Gasteiger partial charge in [-0.3, -0.25) is 9.97 Å². The van der Waals surface area contributed by atoms with Crippen molar-refractivity contribution in [3.63, 3.8) is 0 Å². The minimum atomic E-state index is -0.878. The number of anilines is 9. The van der Waals surface area contributed by atoms with Crippen LogP contribution in [0.2, 0.25) is 0 Å². The van der Waals surface area contributed by atoms with Crippen LogP contribution < -0.4 is 14.7 Å². The summed E-state index contributed by atoms with van der Waals surface area (Å²) < 4.78 is 0. The summed E-state index contributed by atoms with van der Waals surface area (Å²) in [5.41, 5.74) is 20.6. The van der Waals surface area contributed by atoms with Gasteiger partial charge in [0.1, 0.15) is 5.41 Å². The molecule has 5 heteroatoms. The molecule has 0 bridgehead atoms. The normalized spacial score (nSPS) is 16.1. The molecule has 1 aliphatic carbocycles. The van der Waals surface area contributed by atoms with Gasteiger partial charge in [0.15, 0.2) is 0 Å². The first kappa shape index (κ1) is 36.9. The van der Waals surface area contributed by atoms with E-state index in [1.807, 2.05) is 12.4 Å². The molecule has 4 aliphatic rings. The number of benzene rings is 7. The molecule has 0 radical (unpaired) electrons. The zero-order valence-electron chi connectivity index (χ0n) is 36.3. The zero-order valence-corrected chi connectivity index (χ0v) is 36.3. The van der Waals surface area contributed by atoms with E-state index in [0.717, 1.165) is 62.1 Å². The summed E-state index contributed by atoms with van der Waals surface area (Å²) in [6.07, 6.45) is 3.92. The number of rotatable bonds is 3. The Labute approximate surface area is 374 Å². The number of para-hydroxylation sites is 5. The van der Waals surface area contributed by atoms with Gasteiger partial charge in [-0.1, -0.05) is 131 Å². The highest BCUT2D eigenvalue weighted by Gasteiger charge is 2.55. The van der Waals surface area contributed by atoms with Crippen molar-refractivity contribution in [1.29, 1.82) is 0 Å². The second-order valence-electron chi connectivity index (χ2n) is 18.6. The molecule has 0 N–H and O–H groups in total. The third-order valence-corrected chi connectivity index (χ3v) is 14.7. The molecule has 13 rings (SSSR count). The van der Waals surface area contributed by atoms with Crippen molar-refractivity contribution >= 4 is 51.2 Å². The van der Waals surface area contributed by atoms with Gasteiger partial charge in [-0.2, -0.15) is 0 Å². The van der Waals surface area contributed by atoms with Crippen molar-refractivity contribution in [2.45, 2.75) is 43.9 Å². The van der Waals surface area contributed by atoms with Crippen molar-refractivity contribution in [2.24, 2.45) is 0 Å². The van der Waals surface area contributed by atoms with E-state index < -0.39 is 5.41 Å². The molecule has 0 fully saturated rings. The van der Waals surface area contributed by atoms with Crippen molar-refractivity contribution in [3.05, 3.63) is 245 Å². The number of aromatic nitrogens is 2. The van der Waals surface area contributed by atoms with Gasteiger partial charge in [0, 0.05) is 62.5 Å². The Bertz CT molecular complexity index is 3080. The highest BCUT2D eigenvalue weighted by Crippen LogP contribution is 2.64. The maximum Gasteiger partial charge on any atom is 0.110 e. The van der Waals surface area contributed by atoms with E-state index in [9.17, 15) is 0 Å². The smallest absolute Gasteiger partial charge is 0.110 e. The summed E-state index contributed by atoms with van der Waals surface area (Å²) in [5.74, 6) is 0. The largest absolute Gasteiger partial charge is 0.310 e. The highest BCUT2D eigenvalue weighted by atomic mass is 15.2. The first-order valence-corrected chi connectivity index (χ1v) is 22.3. The SMILES string of the molecule is CC1(C)c2ccccc2N(c2ccc3c(c2)C2(c4cc(N5c6ccccc6C(C)(C)c6ccccc65)ccc4N3c3ccccc3)c3ncccc3-c3cccnc32)c2ccccc21. The van der Waals surface area contributed by atoms with Gasteiger partial charge in [0.05, 0.1) is 45.5 Å². The van der Waals surface area contributed by atoms with Gasteiger partial charge in [-0.15, -0.1) is 0 Å². The molecular weight excluding hydrogens is 779 g/mol. The highest BCUT2D eigenvalue weighted by molar-refractivity contribution is 5.98. The lowest BCUT2D eigenvalue weighted by Gasteiger charge is -2.46. The van der Waals surface area contributed by atoms with E-state index in [1.54, 1.807) is 0 Å². The summed E-state index contributed by atoms with van der Waals surface area (Å²) >= 11 is 0. The van der Waals surface area contributed by atoms with Crippen LogP contribution in [0, 0.1) is 0 Å². The van der Waals surface area contributed by atoms with Crippen LogP contribution in [0.5, 0.6) is 0 Å². The molecule has 0 saturated heterocycles. The van der Waals surface area contributed by atoms with E-state index >= 15 is 0 Å². The van der Waals surface area contributed by atoms with Crippen LogP contribution in [0.15, 0.2) is 200 Å². The molecule has 2 aromatic heterocycles. The molecule has 5 nitrogen and oxygen atoms in total. The molecule has 0 unspecified atom stereocenters. The van der Waals surface area contributed by atoms with Gasteiger partial charge in [-0.25, -0.2) is 0 Å². The lowest BCUT2D eigenvalue weighted by molar-refractivity contribution is 0.632. The van der Waals surface area contributed by atoms with Crippen LogP contribution in [0.3, 0.4) is 0 Å². The zero-order chi connectivity index (χ0) is 43.0. The molecule has 0 atom stereocenters. The Balaban J connectivity index is 1.15. The van der Waals surface area contributed by atoms with Gasteiger partial charge in [0.25, 0.3) is 0 Å². The predicted molar refractivity (Wildman–Crippen MR) is 261 cm³/mol. The molecular formula is C59H45N5. The first-order chi connectivity index (χ1) is 31.3. The van der Waals surface area contributed by atoms with Crippen LogP contribution in [0.25, 0.3) is 11.1 Å². The van der Waals surface area contributed by atoms with Crippen molar-refractivity contribution in [3.8, 4) is 11.1 Å². The van der Waals surface area contributed by atoms with Crippen LogP contribution in [-0.4, -0.2) is 9.97 Å². The third-order valence-electron chi connectivity index (χ3n) is 14.7. The summed E-state index contributed by atoms with van der Waals surface area (Å²) in [6, 6.07) is 69.2. The van der Waals surface area contributed by atoms with Crippen molar-refractivity contribution < 1.29 is 0 Å². The monoisotopic (exact) mass is 823 g/mol. The summed E-state index contributed by atoms with van der Waals surface area (Å²) in [6.45, 7) is 9.39. The molecule has 3 aliphatic heterocycles. The molecule has 0 saturated carbocycles. The first-order valence-electron chi connectivity index (χ1n) is 22.3. The molecule has 9 aromatic rings. The number of pyridine rings is 2. The standard InChI is InChI=1S/C59H45N5/c1-57(2)43-22-8-12-26-49(43)63(50-27-13-9-23-44(50)57)39-30-32-53-47(36-39)59(55-41(20-16-34-60-55)42-21-17-35-61-56(42)59)48-37-40(31-33-54(48)62(53)38-18-6-5-7-19-38)64-51-28-14-10-24-45(51)58(3,4)46-25-11-15-29-52(46)64/h5-37H,1-4H3. The lowest BCUT2D eigenvalue weighted by Crippen LogP contribution is -2.38. The van der Waals surface area contributed by atoms with E-state index in [-0.39, 0.29) is 10.8 Å². The van der Waals surface area contributed by atoms with Crippen LogP contribution in [0.1, 0.15) is 72.5 Å². The molecule has 64 heavy (non-hydrogen) atoms. The fourth-order valence-corrected chi connectivity index (χ4v) is 11.8. The van der Waals surface area contributed by atoms with Gasteiger partial charge < -0.3 is 14.7 Å². The molecule has 5 heterocycles. The van der Waals surface area contributed by atoms with Gasteiger partial charge in [0.2, 0.25) is 0 Å². The van der Waals surface area contributed by atoms with Crippen LogP contribution in [-0.2, 0) is 16.2 Å². The third kappa shape index (κ3) is 4.73. The molecule has 306 valence electrons. The van der Waals surface area contributed by atoms with Crippen LogP contribution >= 0.6 is 0 Å². The predicted octanol–water partition coefficient (Wildman–Crippen LogP) is 14.8. The summed E-state index contributed by atoms with van der Waals surface area (Å²) in [5, 5.41) is 0. The number of hydrogen-bond donors (Lipinski definition) is 0. The lowest BCUT2D eigenvalue weighted by atomic mass is 9.67. The summed E-state index contributed by atoms with van der Waals surface area (Å²) in [7, 11) is 0. The minimum absolute atomic E-state index is 0.184. The average Bonchev–Trinajstić information content (AvgIpc) is 3.63. The minimum Gasteiger partial charge on any atom is -0.310 e. The maximum atomic E-state index is 5.43. The summed E-state index contributed by atoms with van der Waals surface area (Å²) in [4.78, 5) is 18.3. The fraction of sp³-hybridized carbons (Fsp3) is 0.119. The van der Waals surface area contributed by atoms with E-state index in [4.69, 9.17) is 9.97 Å². The maximum absolute atomic E-state index is 5.43. The Kier molecular flexibility index (Phi) is 7.56. The second-order valence-corrected chi connectivity index (χ2v) is 18.6.